The minimum Gasteiger partial charge on any atom is -0.319 e. The zero-order chi connectivity index (χ0) is 13.8. The molecule has 19 heavy (non-hydrogen) atoms. The molecular formula is C13H9F3N2O. The van der Waals surface area contributed by atoms with Crippen molar-refractivity contribution >= 4 is 16.6 Å². The van der Waals surface area contributed by atoms with Gasteiger partial charge in [0.25, 0.3) is 5.56 Å². The summed E-state index contributed by atoms with van der Waals surface area (Å²) in [5.41, 5.74) is 0.716. The van der Waals surface area contributed by atoms with Gasteiger partial charge in [0, 0.05) is 5.69 Å². The molecule has 0 fully saturated rings. The van der Waals surface area contributed by atoms with E-state index in [4.69, 9.17) is 0 Å². The minimum atomic E-state index is -4.41. The van der Waals surface area contributed by atoms with Gasteiger partial charge in [0.1, 0.15) is 5.52 Å². The van der Waals surface area contributed by atoms with Gasteiger partial charge in [-0.3, -0.25) is 4.79 Å². The first-order valence-electron chi connectivity index (χ1n) is 5.59. The molecule has 98 valence electrons. The van der Waals surface area contributed by atoms with Crippen molar-refractivity contribution in [3.05, 3.63) is 51.9 Å². The molecule has 2 aromatic heterocycles. The third-order valence-corrected chi connectivity index (χ3v) is 3.12. The Morgan fingerprint density at radius 3 is 2.53 bits per heavy atom. The average Bonchev–Trinajstić information content (AvgIpc) is 2.71. The minimum absolute atomic E-state index is 0.319. The number of nitrogens with one attached hydrogen (secondary N) is 1. The molecule has 0 atom stereocenters. The predicted molar refractivity (Wildman–Crippen MR) is 65.3 cm³/mol. The second-order valence-corrected chi connectivity index (χ2v) is 4.38. The number of aromatic amines is 1. The van der Waals surface area contributed by atoms with Crippen molar-refractivity contribution in [2.75, 3.05) is 0 Å². The van der Waals surface area contributed by atoms with Gasteiger partial charge >= 0.3 is 6.18 Å². The Morgan fingerprint density at radius 2 is 1.84 bits per heavy atom. The fourth-order valence-corrected chi connectivity index (χ4v) is 2.22. The summed E-state index contributed by atoms with van der Waals surface area (Å²) in [4.78, 5) is 14.4. The Balaban J connectivity index is 2.51. The predicted octanol–water partition coefficient (Wildman–Crippen LogP) is 3.11. The van der Waals surface area contributed by atoms with Crippen LogP contribution in [-0.2, 0) is 6.18 Å². The molecule has 0 radical (unpaired) electrons. The lowest BCUT2D eigenvalue weighted by Gasteiger charge is -2.10. The highest BCUT2D eigenvalue weighted by Crippen LogP contribution is 2.31. The number of hydrogen-bond acceptors (Lipinski definition) is 1. The van der Waals surface area contributed by atoms with Gasteiger partial charge in [0.2, 0.25) is 0 Å². The number of nitrogens with zero attached hydrogens (tertiary/aromatic N) is 1. The van der Waals surface area contributed by atoms with Crippen LogP contribution in [0.3, 0.4) is 0 Å². The van der Waals surface area contributed by atoms with E-state index in [1.807, 2.05) is 0 Å². The van der Waals surface area contributed by atoms with Gasteiger partial charge in [-0.25, -0.2) is 0 Å². The SMILES string of the molecule is Cc1ccc2c(=O)[nH]c3ccc(C(F)(F)F)cc3n12. The lowest BCUT2D eigenvalue weighted by atomic mass is 10.2. The van der Waals surface area contributed by atoms with Crippen LogP contribution in [0.2, 0.25) is 0 Å². The first-order chi connectivity index (χ1) is 8.88. The van der Waals surface area contributed by atoms with Crippen LogP contribution in [0, 0.1) is 6.92 Å². The van der Waals surface area contributed by atoms with Gasteiger partial charge in [0.15, 0.2) is 0 Å². The number of benzene rings is 1. The van der Waals surface area contributed by atoms with Crippen LogP contribution in [0.4, 0.5) is 13.2 Å². The number of aryl methyl sites for hydroxylation is 1. The third kappa shape index (κ3) is 1.71. The second-order valence-electron chi connectivity index (χ2n) is 4.38. The Bertz CT molecular complexity index is 843. The number of hydrogen-bond donors (Lipinski definition) is 1. The molecule has 0 saturated heterocycles. The monoisotopic (exact) mass is 266 g/mol. The van der Waals surface area contributed by atoms with E-state index >= 15 is 0 Å². The highest BCUT2D eigenvalue weighted by atomic mass is 19.4. The van der Waals surface area contributed by atoms with Crippen molar-refractivity contribution in [3.63, 3.8) is 0 Å². The molecule has 0 amide bonds. The summed E-state index contributed by atoms with van der Waals surface area (Å²) in [5, 5.41) is 0. The van der Waals surface area contributed by atoms with Crippen LogP contribution in [0.1, 0.15) is 11.3 Å². The van der Waals surface area contributed by atoms with E-state index < -0.39 is 11.7 Å². The lowest BCUT2D eigenvalue weighted by Crippen LogP contribution is -2.12. The fourth-order valence-electron chi connectivity index (χ4n) is 2.22. The first kappa shape index (κ1) is 11.8. The molecule has 0 unspecified atom stereocenters. The molecule has 3 rings (SSSR count). The Kier molecular flexibility index (Phi) is 2.26. The molecule has 0 spiro atoms. The van der Waals surface area contributed by atoms with E-state index in [0.717, 1.165) is 12.1 Å². The molecule has 0 aliphatic rings. The van der Waals surface area contributed by atoms with Gasteiger partial charge in [0.05, 0.1) is 16.6 Å². The van der Waals surface area contributed by atoms with Crippen molar-refractivity contribution in [2.45, 2.75) is 13.1 Å². The number of aromatic nitrogens is 2. The Labute approximate surface area is 105 Å². The van der Waals surface area contributed by atoms with Crippen LogP contribution in [0.5, 0.6) is 0 Å². The maximum absolute atomic E-state index is 12.7. The van der Waals surface area contributed by atoms with Crippen molar-refractivity contribution in [2.24, 2.45) is 0 Å². The van der Waals surface area contributed by atoms with Crippen LogP contribution >= 0.6 is 0 Å². The molecule has 0 bridgehead atoms. The summed E-state index contributed by atoms with van der Waals surface area (Å²) in [6, 6.07) is 6.57. The van der Waals surface area contributed by atoms with Gasteiger partial charge in [-0.1, -0.05) is 0 Å². The first-order valence-corrected chi connectivity index (χ1v) is 5.59. The van der Waals surface area contributed by atoms with Crippen LogP contribution in [-0.4, -0.2) is 9.38 Å². The van der Waals surface area contributed by atoms with Crippen molar-refractivity contribution in [1.29, 1.82) is 0 Å². The maximum atomic E-state index is 12.7. The number of rotatable bonds is 0. The molecule has 1 aromatic carbocycles. The molecule has 0 aliphatic carbocycles. The smallest absolute Gasteiger partial charge is 0.319 e. The van der Waals surface area contributed by atoms with Crippen molar-refractivity contribution < 1.29 is 13.2 Å². The summed E-state index contributed by atoms with van der Waals surface area (Å²) < 4.78 is 39.8. The molecule has 0 saturated carbocycles. The van der Waals surface area contributed by atoms with E-state index in [1.54, 1.807) is 19.1 Å². The maximum Gasteiger partial charge on any atom is 0.416 e. The Hall–Kier alpha value is -2.24. The van der Waals surface area contributed by atoms with Gasteiger partial charge < -0.3 is 9.38 Å². The topological polar surface area (TPSA) is 37.3 Å². The fraction of sp³-hybridized carbons (Fsp3) is 0.154. The zero-order valence-electron chi connectivity index (χ0n) is 9.88. The van der Waals surface area contributed by atoms with E-state index in [-0.39, 0.29) is 5.56 Å². The normalized spacial score (nSPS) is 12.4. The highest BCUT2D eigenvalue weighted by Gasteiger charge is 2.30. The van der Waals surface area contributed by atoms with E-state index in [2.05, 4.69) is 4.98 Å². The largest absolute Gasteiger partial charge is 0.416 e. The molecular weight excluding hydrogens is 257 g/mol. The lowest BCUT2D eigenvalue weighted by molar-refractivity contribution is -0.137. The second kappa shape index (κ2) is 3.63. The van der Waals surface area contributed by atoms with Gasteiger partial charge in [-0.05, 0) is 37.3 Å². The van der Waals surface area contributed by atoms with Gasteiger partial charge in [-0.2, -0.15) is 13.2 Å². The van der Waals surface area contributed by atoms with E-state index in [9.17, 15) is 18.0 Å². The number of fused-ring (bicyclic) bond motifs is 3. The summed E-state index contributed by atoms with van der Waals surface area (Å²) in [6.07, 6.45) is -4.41. The standard InChI is InChI=1S/C13H9F3N2O/c1-7-2-5-10-12(19)17-9-4-3-8(13(14,15)16)6-11(9)18(7)10/h2-6H,1H3,(H,17,19). The molecule has 2 heterocycles. The van der Waals surface area contributed by atoms with Crippen molar-refractivity contribution in [3.8, 4) is 0 Å². The number of halogens is 3. The molecule has 0 aliphatic heterocycles. The highest BCUT2D eigenvalue weighted by molar-refractivity contribution is 5.79. The summed E-state index contributed by atoms with van der Waals surface area (Å²) >= 11 is 0. The van der Waals surface area contributed by atoms with E-state index in [1.165, 1.54) is 10.5 Å². The average molecular weight is 266 g/mol. The number of H-pyrrole nitrogens is 1. The molecule has 3 nitrogen and oxygen atoms in total. The molecule has 6 heteroatoms. The molecule has 1 N–H and O–H groups in total. The Morgan fingerprint density at radius 1 is 1.11 bits per heavy atom. The van der Waals surface area contributed by atoms with Crippen LogP contribution in [0.25, 0.3) is 16.6 Å². The number of alkyl halides is 3. The third-order valence-electron chi connectivity index (χ3n) is 3.12. The van der Waals surface area contributed by atoms with Crippen LogP contribution in [0.15, 0.2) is 35.1 Å². The summed E-state index contributed by atoms with van der Waals surface area (Å²) in [7, 11) is 0. The van der Waals surface area contributed by atoms with Crippen LogP contribution < -0.4 is 5.56 Å². The van der Waals surface area contributed by atoms with E-state index in [0.29, 0.717) is 22.2 Å². The summed E-state index contributed by atoms with van der Waals surface area (Å²) in [6.45, 7) is 1.74. The zero-order valence-corrected chi connectivity index (χ0v) is 9.88. The van der Waals surface area contributed by atoms with Crippen molar-refractivity contribution in [1.82, 2.24) is 9.38 Å². The molecule has 3 aromatic rings. The summed E-state index contributed by atoms with van der Waals surface area (Å²) in [5.74, 6) is 0. The quantitative estimate of drug-likeness (QED) is 0.667. The van der Waals surface area contributed by atoms with Gasteiger partial charge in [-0.15, -0.1) is 0 Å².